The van der Waals surface area contributed by atoms with Gasteiger partial charge in [0.25, 0.3) is 5.56 Å². The zero-order valence-electron chi connectivity index (χ0n) is 35.5. The minimum Gasteiger partial charge on any atom is -0.497 e. The Hall–Kier alpha value is -7.34. The van der Waals surface area contributed by atoms with Crippen molar-refractivity contribution in [1.82, 2.24) is 9.55 Å². The van der Waals surface area contributed by atoms with Crippen molar-refractivity contribution in [2.24, 2.45) is 0 Å². The first-order valence-corrected chi connectivity index (χ1v) is 21.7. The predicted octanol–water partition coefficient (Wildman–Crippen LogP) is 9.64. The Morgan fingerprint density at radius 2 is 1.12 bits per heavy atom. The molecule has 0 bridgehead atoms. The Balaban J connectivity index is 0.948. The number of hydrogen-bond acceptors (Lipinski definition) is 8. The molecular formula is C55H42N2O8. The van der Waals surface area contributed by atoms with Gasteiger partial charge in [-0.15, -0.1) is 0 Å². The zero-order valence-corrected chi connectivity index (χ0v) is 35.5. The lowest BCUT2D eigenvalue weighted by atomic mass is 9.80. The van der Waals surface area contributed by atoms with E-state index in [-0.39, 0.29) is 13.2 Å². The molecule has 1 aliphatic rings. The molecule has 1 aromatic heterocycles. The minimum absolute atomic E-state index is 0.0940. The summed E-state index contributed by atoms with van der Waals surface area (Å²) in [5.41, 5.74) is 0.932. The first-order chi connectivity index (χ1) is 31.8. The second-order valence-electron chi connectivity index (χ2n) is 16.9. The third-order valence-electron chi connectivity index (χ3n) is 13.6. The second-order valence-corrected chi connectivity index (χ2v) is 16.9. The molecule has 0 spiro atoms. The molecule has 4 atom stereocenters. The predicted molar refractivity (Wildman–Crippen MR) is 253 cm³/mol. The molecule has 2 heterocycles. The summed E-state index contributed by atoms with van der Waals surface area (Å²) in [5.74, 6) is 1.37. The highest BCUT2D eigenvalue weighted by Crippen LogP contribution is 2.49. The minimum atomic E-state index is -1.27. The van der Waals surface area contributed by atoms with Crippen LogP contribution in [0.2, 0.25) is 0 Å². The molecule has 0 amide bonds. The van der Waals surface area contributed by atoms with Gasteiger partial charge in [-0.2, -0.15) is 0 Å². The first-order valence-electron chi connectivity index (χ1n) is 21.7. The maximum Gasteiger partial charge on any atom is 0.330 e. The average molecular weight is 859 g/mol. The molecule has 10 heteroatoms. The number of methoxy groups -OCH3 is 2. The van der Waals surface area contributed by atoms with Gasteiger partial charge in [0, 0.05) is 12.3 Å². The Morgan fingerprint density at radius 1 is 0.615 bits per heavy atom. The van der Waals surface area contributed by atoms with Gasteiger partial charge in [-0.05, 0) is 117 Å². The molecule has 1 fully saturated rings. The molecule has 12 rings (SSSR count). The molecule has 10 aromatic carbocycles. The molecule has 0 aliphatic carbocycles. The number of aromatic amines is 1. The molecular weight excluding hydrogens is 817 g/mol. The SMILES string of the molecule is COc1ccc(C(OC[C@@H]2O[C@H](n3ccc(=O)[nH]c3=O)C(OCc3cc4ccc5ccc6ccc7ccc8ccc3c3c8c7c6c5c43)C2O)(c2ccccc2)c2ccc(OC)cc2)cc1. The number of nitrogens with zero attached hydrogens (tertiary/aromatic N) is 1. The van der Waals surface area contributed by atoms with Crippen molar-refractivity contribution in [1.29, 1.82) is 0 Å². The largest absolute Gasteiger partial charge is 0.497 e. The highest BCUT2D eigenvalue weighted by molar-refractivity contribution is 6.44. The van der Waals surface area contributed by atoms with Crippen molar-refractivity contribution in [2.75, 3.05) is 20.8 Å². The summed E-state index contributed by atoms with van der Waals surface area (Å²) in [5, 5.41) is 26.7. The normalized spacial score (nSPS) is 18.1. The topological polar surface area (TPSA) is 121 Å². The van der Waals surface area contributed by atoms with Crippen molar-refractivity contribution in [3.63, 3.8) is 0 Å². The van der Waals surface area contributed by atoms with Gasteiger partial charge in [0.2, 0.25) is 0 Å². The lowest BCUT2D eigenvalue weighted by Crippen LogP contribution is -2.41. The van der Waals surface area contributed by atoms with E-state index in [0.29, 0.717) is 11.5 Å². The van der Waals surface area contributed by atoms with Crippen LogP contribution in [-0.4, -0.2) is 53.8 Å². The Bertz CT molecular complexity index is 3540. The number of ether oxygens (including phenoxy) is 5. The van der Waals surface area contributed by atoms with E-state index in [4.69, 9.17) is 23.7 Å². The van der Waals surface area contributed by atoms with E-state index in [9.17, 15) is 14.7 Å². The molecule has 2 unspecified atom stereocenters. The van der Waals surface area contributed by atoms with Crippen LogP contribution in [0.3, 0.4) is 0 Å². The summed E-state index contributed by atoms with van der Waals surface area (Å²) in [6, 6.07) is 50.6. The maximum atomic E-state index is 13.5. The molecule has 1 saturated heterocycles. The maximum absolute atomic E-state index is 13.5. The van der Waals surface area contributed by atoms with E-state index >= 15 is 0 Å². The molecule has 11 aromatic rings. The third-order valence-corrected chi connectivity index (χ3v) is 13.6. The number of hydrogen-bond donors (Lipinski definition) is 2. The Morgan fingerprint density at radius 3 is 1.68 bits per heavy atom. The van der Waals surface area contributed by atoms with E-state index in [1.165, 1.54) is 70.7 Å². The fraction of sp³-hybridized carbons (Fsp3) is 0.164. The van der Waals surface area contributed by atoms with E-state index in [1.807, 2.05) is 78.9 Å². The molecule has 65 heavy (non-hydrogen) atoms. The van der Waals surface area contributed by atoms with Gasteiger partial charge in [-0.25, -0.2) is 4.79 Å². The van der Waals surface area contributed by atoms with Crippen molar-refractivity contribution < 1.29 is 28.8 Å². The summed E-state index contributed by atoms with van der Waals surface area (Å²) in [6.07, 6.45) is -3.05. The lowest BCUT2D eigenvalue weighted by molar-refractivity contribution is -0.0990. The van der Waals surface area contributed by atoms with Crippen molar-refractivity contribution >= 4 is 64.6 Å². The van der Waals surface area contributed by atoms with E-state index in [0.717, 1.165) is 33.0 Å². The van der Waals surface area contributed by atoms with Gasteiger partial charge in [0.05, 0.1) is 27.4 Å². The van der Waals surface area contributed by atoms with Crippen LogP contribution in [0.1, 0.15) is 28.5 Å². The monoisotopic (exact) mass is 858 g/mol. The summed E-state index contributed by atoms with van der Waals surface area (Å²) >= 11 is 0. The van der Waals surface area contributed by atoms with Gasteiger partial charge >= 0.3 is 5.69 Å². The fourth-order valence-corrected chi connectivity index (χ4v) is 10.5. The van der Waals surface area contributed by atoms with Gasteiger partial charge in [-0.3, -0.25) is 14.3 Å². The summed E-state index contributed by atoms with van der Waals surface area (Å²) < 4.78 is 33.0. The van der Waals surface area contributed by atoms with Crippen molar-refractivity contribution in [3.8, 4) is 11.5 Å². The van der Waals surface area contributed by atoms with Crippen LogP contribution in [0.15, 0.2) is 167 Å². The van der Waals surface area contributed by atoms with Crippen molar-refractivity contribution in [2.45, 2.75) is 36.7 Å². The zero-order chi connectivity index (χ0) is 44.0. The molecule has 0 radical (unpaired) electrons. The van der Waals surface area contributed by atoms with Gasteiger partial charge in [0.15, 0.2) is 6.23 Å². The Kier molecular flexibility index (Phi) is 9.15. The molecule has 320 valence electrons. The summed E-state index contributed by atoms with van der Waals surface area (Å²) in [7, 11) is 3.24. The summed E-state index contributed by atoms with van der Waals surface area (Å²) in [4.78, 5) is 28.1. The van der Waals surface area contributed by atoms with Crippen LogP contribution in [0, 0.1) is 0 Å². The number of H-pyrrole nitrogens is 1. The van der Waals surface area contributed by atoms with Crippen LogP contribution in [-0.2, 0) is 26.4 Å². The van der Waals surface area contributed by atoms with E-state index < -0.39 is 41.4 Å². The van der Waals surface area contributed by atoms with Crippen LogP contribution < -0.4 is 20.7 Å². The number of rotatable bonds is 12. The van der Waals surface area contributed by atoms with Crippen LogP contribution in [0.5, 0.6) is 11.5 Å². The second kappa shape index (κ2) is 15.1. The third kappa shape index (κ3) is 6.02. The number of benzene rings is 10. The lowest BCUT2D eigenvalue weighted by Gasteiger charge is -2.37. The van der Waals surface area contributed by atoms with Gasteiger partial charge in [-0.1, -0.05) is 115 Å². The quantitative estimate of drug-likeness (QED) is 0.0708. The van der Waals surface area contributed by atoms with Crippen LogP contribution in [0.25, 0.3) is 64.6 Å². The van der Waals surface area contributed by atoms with Crippen LogP contribution >= 0.6 is 0 Å². The van der Waals surface area contributed by atoms with Crippen LogP contribution in [0.4, 0.5) is 0 Å². The standard InChI is InChI=1S/C55H42N2O8/c1-61-40-21-17-38(18-22-40)55(37-6-4-3-5-7-37,39-19-23-41(62-2)24-20-39)64-30-43-51(59)52(53(65-43)57-27-26-44(58)56-54(57)60)63-29-36-28-35-15-14-33-11-9-31-8-10-32-12-13-34-16-25-42(36)50-48(34)46(32)45(31)47(33)49(35)50/h3-28,43,51-53,59H,29-30H2,1-2H3,(H,56,58,60)/t43-,51?,52?,53-/m0/s1. The van der Waals surface area contributed by atoms with E-state index in [2.05, 4.69) is 71.7 Å². The number of aliphatic hydroxyl groups is 1. The van der Waals surface area contributed by atoms with Crippen molar-refractivity contribution in [3.05, 3.63) is 201 Å². The molecule has 2 N–H and O–H groups in total. The first kappa shape index (κ1) is 39.3. The van der Waals surface area contributed by atoms with Gasteiger partial charge in [0.1, 0.15) is 35.4 Å². The molecule has 0 saturated carbocycles. The number of aliphatic hydroxyl groups excluding tert-OH is 1. The highest BCUT2D eigenvalue weighted by Gasteiger charge is 2.48. The summed E-state index contributed by atoms with van der Waals surface area (Å²) in [6.45, 7) is -0.0266. The smallest absolute Gasteiger partial charge is 0.330 e. The van der Waals surface area contributed by atoms with E-state index in [1.54, 1.807) is 14.2 Å². The molecule has 10 nitrogen and oxygen atoms in total. The fourth-order valence-electron chi connectivity index (χ4n) is 10.5. The highest BCUT2D eigenvalue weighted by atomic mass is 16.6. The molecule has 1 aliphatic heterocycles. The van der Waals surface area contributed by atoms with Gasteiger partial charge < -0.3 is 28.8 Å². The number of aromatic nitrogens is 2. The number of nitrogens with one attached hydrogen (secondary N) is 1. The Labute approximate surface area is 371 Å². The average Bonchev–Trinajstić information content (AvgIpc) is 3.66.